The van der Waals surface area contributed by atoms with Crippen LogP contribution in [0.1, 0.15) is 41.0 Å². The molecule has 0 spiro atoms. The molecule has 112 valence electrons. The molecule has 3 heteroatoms. The molecule has 3 nitrogen and oxygen atoms in total. The van der Waals surface area contributed by atoms with Crippen LogP contribution in [0.25, 0.3) is 0 Å². The Kier molecular flexibility index (Phi) is 9.40. The summed E-state index contributed by atoms with van der Waals surface area (Å²) in [6, 6.07) is 0.542. The summed E-state index contributed by atoms with van der Waals surface area (Å²) in [5.74, 6) is 0.516. The van der Waals surface area contributed by atoms with Crippen LogP contribution >= 0.6 is 0 Å². The van der Waals surface area contributed by atoms with Crippen molar-refractivity contribution < 1.29 is 0 Å². The van der Waals surface area contributed by atoms with Crippen molar-refractivity contribution in [3.63, 3.8) is 0 Å². The molecule has 0 aliphatic carbocycles. The highest BCUT2D eigenvalue weighted by Crippen LogP contribution is 2.02. The first-order valence-electron chi connectivity index (χ1n) is 7.36. The van der Waals surface area contributed by atoms with Crippen LogP contribution in [-0.4, -0.2) is 37.6 Å². The Morgan fingerprint density at radius 2 is 1.89 bits per heavy atom. The highest BCUT2D eigenvalue weighted by Gasteiger charge is 1.99. The predicted molar refractivity (Wildman–Crippen MR) is 86.1 cm³/mol. The van der Waals surface area contributed by atoms with E-state index >= 15 is 0 Å². The van der Waals surface area contributed by atoms with Gasteiger partial charge in [-0.3, -0.25) is 0 Å². The third-order valence-electron chi connectivity index (χ3n) is 2.97. The molecule has 0 fully saturated rings. The second-order valence-electron chi connectivity index (χ2n) is 5.95. The van der Waals surface area contributed by atoms with Crippen molar-refractivity contribution in [3.05, 3.63) is 24.0 Å². The molecule has 19 heavy (non-hydrogen) atoms. The minimum absolute atomic E-state index is 0.516. The van der Waals surface area contributed by atoms with Crippen LogP contribution in [0.3, 0.4) is 0 Å². The van der Waals surface area contributed by atoms with Gasteiger partial charge in [0.2, 0.25) is 0 Å². The van der Waals surface area contributed by atoms with Gasteiger partial charge in [-0.1, -0.05) is 34.3 Å². The van der Waals surface area contributed by atoms with E-state index in [1.165, 1.54) is 5.57 Å². The van der Waals surface area contributed by atoms with Crippen molar-refractivity contribution in [2.45, 2.75) is 47.1 Å². The molecule has 0 aliphatic rings. The van der Waals surface area contributed by atoms with Gasteiger partial charge >= 0.3 is 0 Å². The topological polar surface area (TPSA) is 27.3 Å². The molecule has 0 atom stereocenters. The first kappa shape index (κ1) is 18.0. The standard InChI is InChI=1S/C16H33N3/c1-13(2)16(6)17-9-8-10-19(7)12-15(5)11-18-14(3)4/h12-14,17-18H,6,8-11H2,1-5,7H3/b15-12+. The molecule has 0 aromatic carbocycles. The molecule has 0 heterocycles. The summed E-state index contributed by atoms with van der Waals surface area (Å²) in [6.07, 6.45) is 3.36. The van der Waals surface area contributed by atoms with E-state index < -0.39 is 0 Å². The Morgan fingerprint density at radius 1 is 1.26 bits per heavy atom. The molecule has 0 bridgehead atoms. The average molecular weight is 267 g/mol. The van der Waals surface area contributed by atoms with Gasteiger partial charge < -0.3 is 15.5 Å². The van der Waals surface area contributed by atoms with Crippen LogP contribution in [0.2, 0.25) is 0 Å². The minimum Gasteiger partial charge on any atom is -0.389 e. The van der Waals surface area contributed by atoms with Gasteiger partial charge in [-0.2, -0.15) is 0 Å². The summed E-state index contributed by atoms with van der Waals surface area (Å²) < 4.78 is 0. The number of nitrogens with zero attached hydrogens (tertiary/aromatic N) is 1. The monoisotopic (exact) mass is 267 g/mol. The summed E-state index contributed by atoms with van der Waals surface area (Å²) in [4.78, 5) is 2.26. The fourth-order valence-electron chi connectivity index (χ4n) is 1.63. The number of hydrogen-bond acceptors (Lipinski definition) is 3. The number of rotatable bonds is 10. The second-order valence-corrected chi connectivity index (χ2v) is 5.95. The lowest BCUT2D eigenvalue weighted by atomic mass is 10.1. The maximum atomic E-state index is 4.02. The Bertz CT molecular complexity index is 280. The van der Waals surface area contributed by atoms with Crippen LogP contribution in [0.5, 0.6) is 0 Å². The summed E-state index contributed by atoms with van der Waals surface area (Å²) in [5, 5.41) is 6.80. The van der Waals surface area contributed by atoms with Gasteiger partial charge in [-0.15, -0.1) is 0 Å². The van der Waals surface area contributed by atoms with Crippen LogP contribution in [0.15, 0.2) is 24.0 Å². The number of nitrogens with one attached hydrogen (secondary N) is 2. The van der Waals surface area contributed by atoms with Crippen molar-refractivity contribution in [2.24, 2.45) is 5.92 Å². The molecule has 0 unspecified atom stereocenters. The van der Waals surface area contributed by atoms with E-state index in [1.807, 2.05) is 0 Å². The first-order chi connectivity index (χ1) is 8.82. The molecule has 0 saturated carbocycles. The summed E-state index contributed by atoms with van der Waals surface area (Å²) in [7, 11) is 2.14. The average Bonchev–Trinajstić information content (AvgIpc) is 2.31. The maximum absolute atomic E-state index is 4.02. The van der Waals surface area contributed by atoms with E-state index in [1.54, 1.807) is 0 Å². The minimum atomic E-state index is 0.516. The van der Waals surface area contributed by atoms with E-state index in [9.17, 15) is 0 Å². The van der Waals surface area contributed by atoms with Crippen LogP contribution in [0.4, 0.5) is 0 Å². The zero-order valence-corrected chi connectivity index (χ0v) is 13.7. The zero-order chi connectivity index (χ0) is 14.8. The lowest BCUT2D eigenvalue weighted by Gasteiger charge is -2.18. The van der Waals surface area contributed by atoms with E-state index in [4.69, 9.17) is 0 Å². The second kappa shape index (κ2) is 9.90. The molecule has 0 aromatic rings. The van der Waals surface area contributed by atoms with E-state index in [0.29, 0.717) is 12.0 Å². The molecule has 2 N–H and O–H groups in total. The molecule has 0 rings (SSSR count). The predicted octanol–water partition coefficient (Wildman–Crippen LogP) is 2.97. The lowest BCUT2D eigenvalue weighted by Crippen LogP contribution is -2.26. The van der Waals surface area contributed by atoms with Gasteiger partial charge in [0.15, 0.2) is 0 Å². The van der Waals surface area contributed by atoms with Gasteiger partial charge in [0.25, 0.3) is 0 Å². The Hall–Kier alpha value is -0.960. The Morgan fingerprint density at radius 3 is 2.42 bits per heavy atom. The number of allylic oxidation sites excluding steroid dienone is 1. The van der Waals surface area contributed by atoms with Crippen molar-refractivity contribution in [3.8, 4) is 0 Å². The van der Waals surface area contributed by atoms with Crippen LogP contribution < -0.4 is 10.6 Å². The van der Waals surface area contributed by atoms with E-state index in [2.05, 4.69) is 70.0 Å². The van der Waals surface area contributed by atoms with Crippen LogP contribution in [0, 0.1) is 5.92 Å². The molecule has 0 amide bonds. The van der Waals surface area contributed by atoms with Crippen molar-refractivity contribution >= 4 is 0 Å². The lowest BCUT2D eigenvalue weighted by molar-refractivity contribution is 0.433. The highest BCUT2D eigenvalue weighted by atomic mass is 15.1. The smallest absolute Gasteiger partial charge is 0.0186 e. The third-order valence-corrected chi connectivity index (χ3v) is 2.97. The molecule has 0 aliphatic heterocycles. The SMILES string of the molecule is C=C(NCCCN(C)/C=C(\C)CNC(C)C)C(C)C. The summed E-state index contributed by atoms with van der Waals surface area (Å²) in [6.45, 7) is 17.9. The quantitative estimate of drug-likeness (QED) is 0.596. The van der Waals surface area contributed by atoms with Crippen molar-refractivity contribution in [2.75, 3.05) is 26.7 Å². The van der Waals surface area contributed by atoms with Gasteiger partial charge in [-0.05, 0) is 31.0 Å². The molecular formula is C16H33N3. The van der Waals surface area contributed by atoms with E-state index in [0.717, 1.165) is 31.8 Å². The zero-order valence-electron chi connectivity index (χ0n) is 13.7. The normalized spacial score (nSPS) is 12.1. The van der Waals surface area contributed by atoms with Crippen molar-refractivity contribution in [1.29, 1.82) is 0 Å². The molecular weight excluding hydrogens is 234 g/mol. The van der Waals surface area contributed by atoms with Gasteiger partial charge in [-0.25, -0.2) is 0 Å². The number of hydrogen-bond donors (Lipinski definition) is 2. The fourth-order valence-corrected chi connectivity index (χ4v) is 1.63. The van der Waals surface area contributed by atoms with Gasteiger partial charge in [0.1, 0.15) is 0 Å². The maximum Gasteiger partial charge on any atom is 0.0186 e. The van der Waals surface area contributed by atoms with E-state index in [-0.39, 0.29) is 0 Å². The molecule has 0 aromatic heterocycles. The summed E-state index contributed by atoms with van der Waals surface area (Å²) >= 11 is 0. The van der Waals surface area contributed by atoms with Gasteiger partial charge in [0.05, 0.1) is 0 Å². The molecule has 0 saturated heterocycles. The Labute approximate surface area is 120 Å². The summed E-state index contributed by atoms with van der Waals surface area (Å²) in [5.41, 5.74) is 2.51. The first-order valence-corrected chi connectivity index (χ1v) is 7.36. The van der Waals surface area contributed by atoms with Crippen molar-refractivity contribution in [1.82, 2.24) is 15.5 Å². The fraction of sp³-hybridized carbons (Fsp3) is 0.750. The van der Waals surface area contributed by atoms with Crippen LogP contribution in [-0.2, 0) is 0 Å². The van der Waals surface area contributed by atoms with Gasteiger partial charge in [0, 0.05) is 38.4 Å². The third kappa shape index (κ3) is 10.6. The highest BCUT2D eigenvalue weighted by molar-refractivity contribution is 4.99. The molecule has 0 radical (unpaired) electrons. The largest absolute Gasteiger partial charge is 0.389 e. The Balaban J connectivity index is 3.77.